The van der Waals surface area contributed by atoms with Gasteiger partial charge >= 0.3 is 11.8 Å². The highest BCUT2D eigenvalue weighted by atomic mass is 16.7. The lowest BCUT2D eigenvalue weighted by Gasteiger charge is -2.06. The summed E-state index contributed by atoms with van der Waals surface area (Å²) >= 11 is 0. The molecule has 0 aliphatic carbocycles. The summed E-state index contributed by atoms with van der Waals surface area (Å²) in [5.41, 5.74) is 0. The van der Waals surface area contributed by atoms with E-state index in [1.807, 2.05) is 0 Å². The van der Waals surface area contributed by atoms with Crippen LogP contribution in [-0.4, -0.2) is 37.2 Å². The van der Waals surface area contributed by atoms with Crippen LogP contribution in [0.3, 0.4) is 0 Å². The van der Waals surface area contributed by atoms with Gasteiger partial charge in [-0.1, -0.05) is 0 Å². The number of hydroxylamine groups is 2. The fourth-order valence-electron chi connectivity index (χ4n) is 0.259. The largest absolute Gasteiger partial charge is 0.401 e. The summed E-state index contributed by atoms with van der Waals surface area (Å²) in [4.78, 5) is 34.4. The highest BCUT2D eigenvalue weighted by Gasteiger charge is 2.14. The van der Waals surface area contributed by atoms with E-state index < -0.39 is 11.8 Å². The predicted molar refractivity (Wildman–Crippen MR) is 30.8 cm³/mol. The minimum absolute atomic E-state index is 0.0914. The van der Waals surface area contributed by atoms with Crippen LogP contribution in [0.4, 0.5) is 0 Å². The smallest absolute Gasteiger partial charge is 0.362 e. The summed E-state index contributed by atoms with van der Waals surface area (Å²) in [5, 5.41) is 1.03. The topological polar surface area (TPSA) is 63.7 Å². The molecule has 0 radical (unpaired) electrons. The zero-order chi connectivity index (χ0) is 8.15. The van der Waals surface area contributed by atoms with Gasteiger partial charge in [0.25, 0.3) is 0 Å². The highest BCUT2D eigenvalue weighted by Crippen LogP contribution is 1.80. The summed E-state index contributed by atoms with van der Waals surface area (Å²) in [6.45, 7) is 0. The summed E-state index contributed by atoms with van der Waals surface area (Å²) < 4.78 is 0. The third kappa shape index (κ3) is 2.93. The van der Waals surface area contributed by atoms with Crippen molar-refractivity contribution in [1.82, 2.24) is 5.06 Å². The maximum absolute atomic E-state index is 10.3. The van der Waals surface area contributed by atoms with Gasteiger partial charge in [0.1, 0.15) is 0 Å². The fraction of sp³-hybridized carbons (Fsp3) is 0.400. The van der Waals surface area contributed by atoms with E-state index in [2.05, 4.69) is 4.84 Å². The normalized spacial score (nSPS) is 9.10. The van der Waals surface area contributed by atoms with Gasteiger partial charge in [-0.3, -0.25) is 9.59 Å². The molecule has 0 aromatic heterocycles. The minimum atomic E-state index is -1.19. The van der Waals surface area contributed by atoms with Crippen LogP contribution in [0, 0.1) is 0 Å². The van der Waals surface area contributed by atoms with Crippen LogP contribution in [0.2, 0.25) is 0 Å². The molecule has 0 fully saturated rings. The standard InChI is InChI=1S/C5H7NO4/c1-6(2)10-5(9)4(8)3-7/h3H,1-2H3. The molecule has 0 N–H and O–H groups in total. The van der Waals surface area contributed by atoms with E-state index in [0.717, 1.165) is 5.06 Å². The van der Waals surface area contributed by atoms with Gasteiger partial charge in [0.2, 0.25) is 0 Å². The molecule has 56 valence electrons. The molecule has 0 spiro atoms. The second-order valence-electron chi connectivity index (χ2n) is 1.67. The minimum Gasteiger partial charge on any atom is -0.362 e. The van der Waals surface area contributed by atoms with Crippen LogP contribution in [0.1, 0.15) is 0 Å². The van der Waals surface area contributed by atoms with E-state index in [1.165, 1.54) is 14.1 Å². The second-order valence-corrected chi connectivity index (χ2v) is 1.67. The number of Topliss-reactive ketones (excluding diaryl/α,β-unsaturated/α-hetero) is 1. The SMILES string of the molecule is CN(C)OC(=O)C(=O)C=O. The molecule has 0 heterocycles. The van der Waals surface area contributed by atoms with Crippen LogP contribution in [0.5, 0.6) is 0 Å². The van der Waals surface area contributed by atoms with Gasteiger partial charge in [-0.25, -0.2) is 4.79 Å². The monoisotopic (exact) mass is 145 g/mol. The molecule has 0 amide bonds. The van der Waals surface area contributed by atoms with E-state index in [1.54, 1.807) is 0 Å². The quantitative estimate of drug-likeness (QED) is 0.215. The second kappa shape index (κ2) is 3.73. The Morgan fingerprint density at radius 1 is 1.40 bits per heavy atom. The van der Waals surface area contributed by atoms with Crippen LogP contribution < -0.4 is 0 Å². The van der Waals surface area contributed by atoms with Crippen LogP contribution in [0.25, 0.3) is 0 Å². The third-order valence-electron chi connectivity index (χ3n) is 0.574. The zero-order valence-corrected chi connectivity index (χ0v) is 5.66. The van der Waals surface area contributed by atoms with Gasteiger partial charge in [-0.15, -0.1) is 5.06 Å². The fourth-order valence-corrected chi connectivity index (χ4v) is 0.259. The highest BCUT2D eigenvalue weighted by molar-refractivity contribution is 6.55. The van der Waals surface area contributed by atoms with Crippen molar-refractivity contribution in [3.05, 3.63) is 0 Å². The van der Waals surface area contributed by atoms with Crippen LogP contribution >= 0.6 is 0 Å². The summed E-state index contributed by atoms with van der Waals surface area (Å²) in [6, 6.07) is 0. The van der Waals surface area contributed by atoms with Crippen molar-refractivity contribution in [3.8, 4) is 0 Å². The Kier molecular flexibility index (Phi) is 3.27. The Morgan fingerprint density at radius 3 is 2.20 bits per heavy atom. The molecule has 0 aromatic carbocycles. The molecular formula is C5H7NO4. The summed E-state index contributed by atoms with van der Waals surface area (Å²) in [5.74, 6) is -2.35. The van der Waals surface area contributed by atoms with Gasteiger partial charge in [0, 0.05) is 14.1 Å². The average molecular weight is 145 g/mol. The molecule has 10 heavy (non-hydrogen) atoms. The van der Waals surface area contributed by atoms with Crippen molar-refractivity contribution in [2.75, 3.05) is 14.1 Å². The Labute approximate surface area is 57.5 Å². The average Bonchev–Trinajstić information content (AvgIpc) is 1.85. The molecule has 5 nitrogen and oxygen atoms in total. The molecule has 0 rings (SSSR count). The number of aldehydes is 1. The van der Waals surface area contributed by atoms with Gasteiger partial charge in [0.05, 0.1) is 0 Å². The molecule has 0 atom stereocenters. The molecule has 0 bridgehead atoms. The first-order valence-corrected chi connectivity index (χ1v) is 2.46. The van der Waals surface area contributed by atoms with E-state index >= 15 is 0 Å². The summed E-state index contributed by atoms with van der Waals surface area (Å²) in [7, 11) is 2.85. The van der Waals surface area contributed by atoms with E-state index in [0.29, 0.717) is 0 Å². The Balaban J connectivity index is 3.85. The first kappa shape index (κ1) is 8.77. The molecule has 0 aliphatic rings. The van der Waals surface area contributed by atoms with E-state index in [-0.39, 0.29) is 6.29 Å². The maximum Gasteiger partial charge on any atom is 0.401 e. The molecule has 0 saturated heterocycles. The van der Waals surface area contributed by atoms with E-state index in [9.17, 15) is 14.4 Å². The van der Waals surface area contributed by atoms with Crippen molar-refractivity contribution in [1.29, 1.82) is 0 Å². The van der Waals surface area contributed by atoms with Gasteiger partial charge < -0.3 is 4.84 Å². The Morgan fingerprint density at radius 2 is 1.90 bits per heavy atom. The number of ketones is 1. The number of nitrogens with zero attached hydrogens (tertiary/aromatic N) is 1. The van der Waals surface area contributed by atoms with Crippen molar-refractivity contribution < 1.29 is 19.2 Å². The van der Waals surface area contributed by atoms with Crippen molar-refractivity contribution in [2.45, 2.75) is 0 Å². The molecule has 5 heteroatoms. The van der Waals surface area contributed by atoms with Gasteiger partial charge in [-0.05, 0) is 0 Å². The number of rotatable bonds is 3. The van der Waals surface area contributed by atoms with Gasteiger partial charge in [0.15, 0.2) is 6.29 Å². The first-order chi connectivity index (χ1) is 4.57. The zero-order valence-electron chi connectivity index (χ0n) is 5.66. The number of carbonyl (C=O) groups excluding carboxylic acids is 3. The molecule has 0 saturated carbocycles. The first-order valence-electron chi connectivity index (χ1n) is 2.46. The number of hydrogen-bond acceptors (Lipinski definition) is 5. The Hall–Kier alpha value is -1.23. The third-order valence-corrected chi connectivity index (χ3v) is 0.574. The number of carbonyl (C=O) groups is 3. The Bertz CT molecular complexity index is 163. The molecule has 0 aliphatic heterocycles. The predicted octanol–water partition coefficient (Wildman–Crippen LogP) is -1.23. The lowest BCUT2D eigenvalue weighted by molar-refractivity contribution is -0.181. The number of hydrogen-bond donors (Lipinski definition) is 0. The molecule has 0 unspecified atom stereocenters. The van der Waals surface area contributed by atoms with E-state index in [4.69, 9.17) is 0 Å². The maximum atomic E-state index is 10.3. The van der Waals surface area contributed by atoms with Crippen LogP contribution in [-0.2, 0) is 19.2 Å². The van der Waals surface area contributed by atoms with Crippen molar-refractivity contribution in [3.63, 3.8) is 0 Å². The lowest BCUT2D eigenvalue weighted by atomic mass is 10.5. The summed E-state index contributed by atoms with van der Waals surface area (Å²) in [6.07, 6.45) is -0.0914. The van der Waals surface area contributed by atoms with Gasteiger partial charge in [-0.2, -0.15) is 0 Å². The van der Waals surface area contributed by atoms with Crippen molar-refractivity contribution in [2.24, 2.45) is 0 Å². The molecular weight excluding hydrogens is 138 g/mol. The van der Waals surface area contributed by atoms with Crippen molar-refractivity contribution >= 4 is 18.0 Å². The lowest BCUT2D eigenvalue weighted by Crippen LogP contribution is -2.25. The van der Waals surface area contributed by atoms with Crippen LogP contribution in [0.15, 0.2) is 0 Å². The molecule has 0 aromatic rings.